The van der Waals surface area contributed by atoms with Gasteiger partial charge in [0.1, 0.15) is 5.65 Å². The minimum atomic E-state index is -0.154. The molecule has 0 atom stereocenters. The molecule has 1 aromatic carbocycles. The lowest BCUT2D eigenvalue weighted by Crippen LogP contribution is -2.26. The van der Waals surface area contributed by atoms with Crippen LogP contribution >= 0.6 is 0 Å². The van der Waals surface area contributed by atoms with Gasteiger partial charge >= 0.3 is 0 Å². The molecule has 26 heavy (non-hydrogen) atoms. The van der Waals surface area contributed by atoms with Crippen molar-refractivity contribution in [3.05, 3.63) is 72.0 Å². The highest BCUT2D eigenvalue weighted by Gasteiger charge is 2.10. The molecule has 0 radical (unpaired) electrons. The molecule has 130 valence electrons. The number of carbonyl (C=O) groups excluding carboxylic acids is 1. The Labute approximate surface area is 149 Å². The van der Waals surface area contributed by atoms with E-state index in [2.05, 4.69) is 20.4 Å². The van der Waals surface area contributed by atoms with Crippen molar-refractivity contribution in [2.75, 3.05) is 6.54 Å². The molecule has 1 N–H and O–H groups in total. The smallest absolute Gasteiger partial charge is 0.252 e. The first-order valence-electron chi connectivity index (χ1n) is 8.29. The van der Waals surface area contributed by atoms with E-state index in [4.69, 9.17) is 4.52 Å². The summed E-state index contributed by atoms with van der Waals surface area (Å²) < 4.78 is 7.07. The van der Waals surface area contributed by atoms with E-state index >= 15 is 0 Å². The molecule has 0 fully saturated rings. The normalized spacial score (nSPS) is 11.0. The fraction of sp³-hybridized carbons (Fsp3) is 0.158. The zero-order chi connectivity index (χ0) is 17.9. The monoisotopic (exact) mass is 347 g/mol. The summed E-state index contributed by atoms with van der Waals surface area (Å²) in [6.45, 7) is 2.44. The lowest BCUT2D eigenvalue weighted by Gasteiger charge is -2.04. The summed E-state index contributed by atoms with van der Waals surface area (Å²) in [7, 11) is 0. The number of benzene rings is 1. The second-order valence-electron chi connectivity index (χ2n) is 5.99. The van der Waals surface area contributed by atoms with E-state index in [1.165, 1.54) is 5.56 Å². The van der Waals surface area contributed by atoms with Crippen LogP contribution in [-0.2, 0) is 6.42 Å². The third-order valence-electron chi connectivity index (χ3n) is 4.05. The van der Waals surface area contributed by atoms with E-state index in [-0.39, 0.29) is 5.91 Å². The summed E-state index contributed by atoms with van der Waals surface area (Å²) in [6.07, 6.45) is 5.72. The van der Waals surface area contributed by atoms with Gasteiger partial charge in [0.2, 0.25) is 11.7 Å². The number of nitrogens with one attached hydrogen (secondary N) is 1. The molecule has 0 saturated heterocycles. The number of imidazole rings is 1. The summed E-state index contributed by atoms with van der Waals surface area (Å²) in [6, 6.07) is 11.5. The second kappa shape index (κ2) is 6.79. The Morgan fingerprint density at radius 2 is 2.04 bits per heavy atom. The van der Waals surface area contributed by atoms with Gasteiger partial charge in [-0.2, -0.15) is 4.98 Å². The molecule has 0 aliphatic rings. The van der Waals surface area contributed by atoms with E-state index in [0.29, 0.717) is 30.2 Å². The van der Waals surface area contributed by atoms with Crippen LogP contribution in [0.1, 0.15) is 21.8 Å². The molecule has 3 aromatic heterocycles. The summed E-state index contributed by atoms with van der Waals surface area (Å²) in [5.41, 5.74) is 3.45. The van der Waals surface area contributed by atoms with Crippen LogP contribution in [0, 0.1) is 6.92 Å². The molecule has 4 aromatic rings. The lowest BCUT2D eigenvalue weighted by atomic mass is 10.1. The number of fused-ring (bicyclic) bond motifs is 1. The highest BCUT2D eigenvalue weighted by Crippen LogP contribution is 2.16. The van der Waals surface area contributed by atoms with E-state index in [1.54, 1.807) is 35.1 Å². The van der Waals surface area contributed by atoms with Gasteiger partial charge in [0.05, 0.1) is 5.56 Å². The molecule has 1 amide bonds. The Morgan fingerprint density at radius 3 is 2.88 bits per heavy atom. The molecule has 0 bridgehead atoms. The molecule has 0 aliphatic heterocycles. The van der Waals surface area contributed by atoms with Crippen LogP contribution in [0.2, 0.25) is 0 Å². The fourth-order valence-electron chi connectivity index (χ4n) is 2.62. The topological polar surface area (TPSA) is 85.3 Å². The first kappa shape index (κ1) is 16.0. The molecule has 7 heteroatoms. The van der Waals surface area contributed by atoms with Gasteiger partial charge in [-0.1, -0.05) is 35.0 Å². The first-order valence-corrected chi connectivity index (χ1v) is 8.29. The lowest BCUT2D eigenvalue weighted by molar-refractivity contribution is 0.0953. The molecule has 4 rings (SSSR count). The van der Waals surface area contributed by atoms with Crippen molar-refractivity contribution < 1.29 is 9.32 Å². The minimum Gasteiger partial charge on any atom is -0.351 e. The van der Waals surface area contributed by atoms with E-state index in [0.717, 1.165) is 11.2 Å². The van der Waals surface area contributed by atoms with Crippen LogP contribution in [0.15, 0.2) is 59.5 Å². The Bertz CT molecular complexity index is 1050. The highest BCUT2D eigenvalue weighted by molar-refractivity contribution is 5.94. The summed E-state index contributed by atoms with van der Waals surface area (Å²) >= 11 is 0. The predicted molar refractivity (Wildman–Crippen MR) is 95.7 cm³/mol. The van der Waals surface area contributed by atoms with Crippen molar-refractivity contribution in [3.63, 3.8) is 0 Å². The SMILES string of the molecule is Cc1ccc(-c2noc(CCNC(=O)c3ccc4nccn4c3)n2)cc1. The van der Waals surface area contributed by atoms with Gasteiger partial charge in [0, 0.05) is 37.1 Å². The Hall–Kier alpha value is -3.48. The molecule has 7 nitrogen and oxygen atoms in total. The number of amides is 1. The average molecular weight is 347 g/mol. The predicted octanol–water partition coefficient (Wildman–Crippen LogP) is 2.67. The van der Waals surface area contributed by atoms with Gasteiger partial charge < -0.3 is 14.2 Å². The number of hydrogen-bond donors (Lipinski definition) is 1. The number of carbonyl (C=O) groups is 1. The Morgan fingerprint density at radius 1 is 1.19 bits per heavy atom. The quantitative estimate of drug-likeness (QED) is 0.600. The van der Waals surface area contributed by atoms with Crippen LogP contribution < -0.4 is 5.32 Å². The summed E-state index contributed by atoms with van der Waals surface area (Å²) in [4.78, 5) is 20.8. The van der Waals surface area contributed by atoms with Gasteiger partial charge in [0.15, 0.2) is 0 Å². The van der Waals surface area contributed by atoms with Crippen molar-refractivity contribution in [2.45, 2.75) is 13.3 Å². The third-order valence-corrected chi connectivity index (χ3v) is 4.05. The van der Waals surface area contributed by atoms with Crippen molar-refractivity contribution >= 4 is 11.6 Å². The van der Waals surface area contributed by atoms with Crippen molar-refractivity contribution in [2.24, 2.45) is 0 Å². The van der Waals surface area contributed by atoms with Crippen molar-refractivity contribution in [1.82, 2.24) is 24.8 Å². The van der Waals surface area contributed by atoms with Crippen LogP contribution in [0.4, 0.5) is 0 Å². The Kier molecular flexibility index (Phi) is 4.18. The standard InChI is InChI=1S/C19H17N5O2/c1-13-2-4-14(5-3-13)18-22-17(26-23-18)8-9-21-19(25)15-6-7-16-20-10-11-24(16)12-15/h2-7,10-12H,8-9H2,1H3,(H,21,25). The zero-order valence-corrected chi connectivity index (χ0v) is 14.2. The fourth-order valence-corrected chi connectivity index (χ4v) is 2.62. The van der Waals surface area contributed by atoms with Crippen molar-refractivity contribution in [3.8, 4) is 11.4 Å². The van der Waals surface area contributed by atoms with Gasteiger partial charge in [-0.25, -0.2) is 4.98 Å². The zero-order valence-electron chi connectivity index (χ0n) is 14.2. The minimum absolute atomic E-state index is 0.154. The maximum atomic E-state index is 12.2. The molecular weight excluding hydrogens is 330 g/mol. The van der Waals surface area contributed by atoms with Gasteiger partial charge in [-0.15, -0.1) is 0 Å². The maximum Gasteiger partial charge on any atom is 0.252 e. The van der Waals surface area contributed by atoms with Crippen molar-refractivity contribution in [1.29, 1.82) is 0 Å². The van der Waals surface area contributed by atoms with Crippen LogP contribution in [0.3, 0.4) is 0 Å². The van der Waals surface area contributed by atoms with Crippen LogP contribution in [-0.4, -0.2) is 32.0 Å². The largest absolute Gasteiger partial charge is 0.351 e. The number of nitrogens with zero attached hydrogens (tertiary/aromatic N) is 4. The number of hydrogen-bond acceptors (Lipinski definition) is 5. The molecule has 0 unspecified atom stereocenters. The second-order valence-corrected chi connectivity index (χ2v) is 5.99. The molecule has 3 heterocycles. The molecular formula is C19H17N5O2. The van der Waals surface area contributed by atoms with E-state index in [1.807, 2.05) is 31.2 Å². The summed E-state index contributed by atoms with van der Waals surface area (Å²) in [5.74, 6) is 0.890. The molecule has 0 spiro atoms. The van der Waals surface area contributed by atoms with E-state index < -0.39 is 0 Å². The molecule has 0 saturated carbocycles. The Balaban J connectivity index is 1.35. The van der Waals surface area contributed by atoms with Gasteiger partial charge in [-0.05, 0) is 19.1 Å². The molecule has 0 aliphatic carbocycles. The average Bonchev–Trinajstić information content (AvgIpc) is 3.31. The van der Waals surface area contributed by atoms with E-state index in [9.17, 15) is 4.79 Å². The van der Waals surface area contributed by atoms with Gasteiger partial charge in [0.25, 0.3) is 5.91 Å². The third kappa shape index (κ3) is 3.32. The number of aryl methyl sites for hydroxylation is 1. The number of aromatic nitrogens is 4. The maximum absolute atomic E-state index is 12.2. The van der Waals surface area contributed by atoms with Crippen LogP contribution in [0.25, 0.3) is 17.0 Å². The summed E-state index contributed by atoms with van der Waals surface area (Å²) in [5, 5.41) is 6.85. The highest BCUT2D eigenvalue weighted by atomic mass is 16.5. The number of pyridine rings is 1. The van der Waals surface area contributed by atoms with Gasteiger partial charge in [-0.3, -0.25) is 4.79 Å². The first-order chi connectivity index (χ1) is 12.7. The van der Waals surface area contributed by atoms with Crippen LogP contribution in [0.5, 0.6) is 0 Å². The number of rotatable bonds is 5.